The number of amides is 1. The molecule has 1 aliphatic carbocycles. The van der Waals surface area contributed by atoms with Crippen molar-refractivity contribution < 1.29 is 9.18 Å². The summed E-state index contributed by atoms with van der Waals surface area (Å²) in [6.45, 7) is 1.88. The van der Waals surface area contributed by atoms with Gasteiger partial charge in [0.15, 0.2) is 0 Å². The van der Waals surface area contributed by atoms with Crippen LogP contribution in [0.25, 0.3) is 0 Å². The number of halogens is 1. The Balaban J connectivity index is 1.78. The van der Waals surface area contributed by atoms with E-state index in [9.17, 15) is 9.18 Å². The van der Waals surface area contributed by atoms with Crippen LogP contribution in [0.15, 0.2) is 24.3 Å². The molecule has 1 amide bonds. The van der Waals surface area contributed by atoms with E-state index in [1.807, 2.05) is 13.0 Å². The third-order valence-electron chi connectivity index (χ3n) is 3.52. The van der Waals surface area contributed by atoms with Gasteiger partial charge in [0.2, 0.25) is 5.91 Å². The molecule has 1 aromatic carbocycles. The first kappa shape index (κ1) is 14.4. The topological polar surface area (TPSA) is 29.1 Å². The zero-order chi connectivity index (χ0) is 13.7. The number of hydrogen-bond acceptors (Lipinski definition) is 2. The second kappa shape index (κ2) is 6.94. The average molecular weight is 281 g/mol. The van der Waals surface area contributed by atoms with Gasteiger partial charge in [0.25, 0.3) is 0 Å². The Morgan fingerprint density at radius 3 is 2.79 bits per heavy atom. The molecule has 1 saturated carbocycles. The van der Waals surface area contributed by atoms with Gasteiger partial charge in [-0.1, -0.05) is 31.0 Å². The third kappa shape index (κ3) is 4.23. The summed E-state index contributed by atoms with van der Waals surface area (Å²) in [5.41, 5.74) is 0.660. The predicted octanol–water partition coefficient (Wildman–Crippen LogP) is 3.51. The van der Waals surface area contributed by atoms with E-state index in [1.54, 1.807) is 12.1 Å². The van der Waals surface area contributed by atoms with Gasteiger partial charge in [0.1, 0.15) is 5.82 Å². The fourth-order valence-corrected chi connectivity index (χ4v) is 3.18. The van der Waals surface area contributed by atoms with Crippen molar-refractivity contribution in [2.24, 2.45) is 0 Å². The fourth-order valence-electron chi connectivity index (χ4n) is 2.29. The summed E-state index contributed by atoms with van der Waals surface area (Å²) in [6.07, 6.45) is 4.61. The molecule has 0 heterocycles. The van der Waals surface area contributed by atoms with E-state index in [-0.39, 0.29) is 17.0 Å². The Bertz CT molecular complexity index is 432. The molecule has 2 rings (SSSR count). The van der Waals surface area contributed by atoms with Gasteiger partial charge in [-0.25, -0.2) is 4.39 Å². The standard InChI is InChI=1S/C15H20FNOS/c1-11(15(18)17-13-7-3-4-8-13)19-10-12-6-2-5-9-14(12)16/h2,5-6,9,11,13H,3-4,7-8,10H2,1H3,(H,17,18)/t11-/m0/s1. The summed E-state index contributed by atoms with van der Waals surface area (Å²) in [6, 6.07) is 7.08. The van der Waals surface area contributed by atoms with Crippen LogP contribution in [0.3, 0.4) is 0 Å². The molecule has 4 heteroatoms. The molecular formula is C15H20FNOS. The molecule has 104 valence electrons. The smallest absolute Gasteiger partial charge is 0.233 e. The molecule has 0 radical (unpaired) electrons. The normalized spacial score (nSPS) is 17.4. The maximum Gasteiger partial charge on any atom is 0.233 e. The van der Waals surface area contributed by atoms with E-state index in [0.717, 1.165) is 12.8 Å². The lowest BCUT2D eigenvalue weighted by Gasteiger charge is -2.16. The Morgan fingerprint density at radius 2 is 2.11 bits per heavy atom. The van der Waals surface area contributed by atoms with Crippen molar-refractivity contribution in [1.82, 2.24) is 5.32 Å². The van der Waals surface area contributed by atoms with Crippen LogP contribution < -0.4 is 5.32 Å². The van der Waals surface area contributed by atoms with E-state index in [2.05, 4.69) is 5.32 Å². The number of nitrogens with one attached hydrogen (secondary N) is 1. The highest BCUT2D eigenvalue weighted by atomic mass is 32.2. The number of rotatable bonds is 5. The highest BCUT2D eigenvalue weighted by Crippen LogP contribution is 2.22. The van der Waals surface area contributed by atoms with Crippen molar-refractivity contribution in [2.45, 2.75) is 49.7 Å². The minimum absolute atomic E-state index is 0.0771. The summed E-state index contributed by atoms with van der Waals surface area (Å²) >= 11 is 1.48. The molecule has 0 aliphatic heterocycles. The molecule has 0 unspecified atom stereocenters. The molecule has 1 aliphatic rings. The van der Waals surface area contributed by atoms with Crippen molar-refractivity contribution in [3.05, 3.63) is 35.6 Å². The van der Waals surface area contributed by atoms with Crippen molar-refractivity contribution in [3.8, 4) is 0 Å². The van der Waals surface area contributed by atoms with Crippen LogP contribution in [0, 0.1) is 5.82 Å². The van der Waals surface area contributed by atoms with Gasteiger partial charge < -0.3 is 5.32 Å². The molecule has 0 bridgehead atoms. The molecule has 0 saturated heterocycles. The van der Waals surface area contributed by atoms with Gasteiger partial charge in [-0.15, -0.1) is 11.8 Å². The zero-order valence-electron chi connectivity index (χ0n) is 11.2. The molecule has 1 N–H and O–H groups in total. The van der Waals surface area contributed by atoms with Gasteiger partial charge in [-0.2, -0.15) is 0 Å². The SMILES string of the molecule is C[C@H](SCc1ccccc1F)C(=O)NC1CCCC1. The number of hydrogen-bond donors (Lipinski definition) is 1. The van der Waals surface area contributed by atoms with Gasteiger partial charge in [0.05, 0.1) is 5.25 Å². The van der Waals surface area contributed by atoms with E-state index in [0.29, 0.717) is 17.4 Å². The largest absolute Gasteiger partial charge is 0.352 e. The van der Waals surface area contributed by atoms with Crippen LogP contribution in [0.4, 0.5) is 4.39 Å². The first-order valence-electron chi connectivity index (χ1n) is 6.82. The minimum atomic E-state index is -0.196. The maximum absolute atomic E-state index is 13.5. The zero-order valence-corrected chi connectivity index (χ0v) is 12.0. The first-order chi connectivity index (χ1) is 9.16. The Labute approximate surface area is 118 Å². The lowest BCUT2D eigenvalue weighted by Crippen LogP contribution is -2.37. The minimum Gasteiger partial charge on any atom is -0.352 e. The molecule has 1 aromatic rings. The number of thioether (sulfide) groups is 1. The van der Waals surface area contributed by atoms with Gasteiger partial charge in [-0.3, -0.25) is 4.79 Å². The van der Waals surface area contributed by atoms with Crippen LogP contribution in [-0.4, -0.2) is 17.2 Å². The molecule has 19 heavy (non-hydrogen) atoms. The Kier molecular flexibility index (Phi) is 5.25. The maximum atomic E-state index is 13.5. The van der Waals surface area contributed by atoms with Gasteiger partial charge in [-0.05, 0) is 31.4 Å². The second-order valence-electron chi connectivity index (χ2n) is 5.03. The monoisotopic (exact) mass is 281 g/mol. The summed E-state index contributed by atoms with van der Waals surface area (Å²) in [7, 11) is 0. The second-order valence-corrected chi connectivity index (χ2v) is 6.36. The van der Waals surface area contributed by atoms with Crippen LogP contribution in [0.5, 0.6) is 0 Å². The highest BCUT2D eigenvalue weighted by molar-refractivity contribution is 7.99. The van der Waals surface area contributed by atoms with Gasteiger partial charge in [0, 0.05) is 11.8 Å². The van der Waals surface area contributed by atoms with Crippen molar-refractivity contribution in [3.63, 3.8) is 0 Å². The predicted molar refractivity (Wildman–Crippen MR) is 77.6 cm³/mol. The van der Waals surface area contributed by atoms with Crippen LogP contribution in [-0.2, 0) is 10.5 Å². The molecule has 2 nitrogen and oxygen atoms in total. The van der Waals surface area contributed by atoms with Crippen LogP contribution in [0.1, 0.15) is 38.2 Å². The Morgan fingerprint density at radius 1 is 1.42 bits per heavy atom. The average Bonchev–Trinajstić information content (AvgIpc) is 2.90. The van der Waals surface area contributed by atoms with Crippen molar-refractivity contribution in [1.29, 1.82) is 0 Å². The van der Waals surface area contributed by atoms with E-state index in [4.69, 9.17) is 0 Å². The van der Waals surface area contributed by atoms with Crippen LogP contribution >= 0.6 is 11.8 Å². The van der Waals surface area contributed by atoms with E-state index >= 15 is 0 Å². The number of carbonyl (C=O) groups excluding carboxylic acids is 1. The summed E-state index contributed by atoms with van der Waals surface area (Å²) in [4.78, 5) is 12.0. The third-order valence-corrected chi connectivity index (χ3v) is 4.71. The summed E-state index contributed by atoms with van der Waals surface area (Å²) in [5.74, 6) is 0.415. The molecule has 0 aromatic heterocycles. The highest BCUT2D eigenvalue weighted by Gasteiger charge is 2.20. The molecule has 1 fully saturated rings. The Hall–Kier alpha value is -1.03. The summed E-state index contributed by atoms with van der Waals surface area (Å²) < 4.78 is 13.5. The lowest BCUT2D eigenvalue weighted by atomic mass is 10.2. The summed E-state index contributed by atoms with van der Waals surface area (Å²) in [5, 5.41) is 2.94. The van der Waals surface area contributed by atoms with E-state index in [1.165, 1.54) is 30.7 Å². The van der Waals surface area contributed by atoms with Crippen molar-refractivity contribution in [2.75, 3.05) is 0 Å². The quantitative estimate of drug-likeness (QED) is 0.895. The number of carbonyl (C=O) groups is 1. The van der Waals surface area contributed by atoms with Gasteiger partial charge >= 0.3 is 0 Å². The van der Waals surface area contributed by atoms with Crippen molar-refractivity contribution >= 4 is 17.7 Å². The molecular weight excluding hydrogens is 261 g/mol. The molecule has 0 spiro atoms. The molecule has 1 atom stereocenters. The number of benzene rings is 1. The fraction of sp³-hybridized carbons (Fsp3) is 0.533. The van der Waals surface area contributed by atoms with E-state index < -0.39 is 0 Å². The first-order valence-corrected chi connectivity index (χ1v) is 7.87. The lowest BCUT2D eigenvalue weighted by molar-refractivity contribution is -0.120. The van der Waals surface area contributed by atoms with Crippen LogP contribution in [0.2, 0.25) is 0 Å².